The minimum atomic E-state index is -0.893. The molecule has 0 aliphatic heterocycles. The fourth-order valence-electron chi connectivity index (χ4n) is 1.35. The van der Waals surface area contributed by atoms with Crippen LogP contribution in [-0.2, 0) is 6.54 Å². The third-order valence-corrected chi connectivity index (χ3v) is 3.68. The quantitative estimate of drug-likeness (QED) is 0.942. The number of rotatable bonds is 3. The van der Waals surface area contributed by atoms with Gasteiger partial charge in [0.2, 0.25) is 0 Å². The minimum Gasteiger partial charge on any atom is -0.477 e. The number of carboxylic acids is 1. The van der Waals surface area contributed by atoms with Crippen molar-refractivity contribution in [3.8, 4) is 0 Å². The maximum absolute atomic E-state index is 10.9. The summed E-state index contributed by atoms with van der Waals surface area (Å²) in [6.45, 7) is 0.602. The van der Waals surface area contributed by atoms with E-state index in [1.165, 1.54) is 0 Å². The summed E-state index contributed by atoms with van der Waals surface area (Å²) in [5.41, 5.74) is 0.319. The Morgan fingerprint density at radius 3 is 3.00 bits per heavy atom. The second-order valence-corrected chi connectivity index (χ2v) is 4.97. The van der Waals surface area contributed by atoms with Crippen LogP contribution in [0.4, 0.5) is 0 Å². The van der Waals surface area contributed by atoms with Gasteiger partial charge in [-0.3, -0.25) is 0 Å². The van der Waals surface area contributed by atoms with Gasteiger partial charge in [0, 0.05) is 20.9 Å². The van der Waals surface area contributed by atoms with E-state index in [0.717, 1.165) is 9.35 Å². The van der Waals surface area contributed by atoms with E-state index in [-0.39, 0.29) is 0 Å². The number of aromatic nitrogens is 1. The molecule has 0 amide bonds. The summed E-state index contributed by atoms with van der Waals surface area (Å²) < 4.78 is 2.76. The molecule has 0 unspecified atom stereocenters. The molecular weight excluding hydrogens is 278 g/mol. The van der Waals surface area contributed by atoms with Gasteiger partial charge in [0.15, 0.2) is 0 Å². The Kier molecular flexibility index (Phi) is 2.93. The zero-order valence-electron chi connectivity index (χ0n) is 7.68. The SMILES string of the molecule is O=C(O)c1cccn1Cc1cc(Br)cs1. The molecule has 0 bridgehead atoms. The van der Waals surface area contributed by atoms with Gasteiger partial charge in [0.1, 0.15) is 5.69 Å². The molecule has 0 aliphatic carbocycles. The van der Waals surface area contributed by atoms with Crippen molar-refractivity contribution in [2.45, 2.75) is 6.54 Å². The van der Waals surface area contributed by atoms with Crippen molar-refractivity contribution in [2.75, 3.05) is 0 Å². The van der Waals surface area contributed by atoms with Crippen molar-refractivity contribution in [1.29, 1.82) is 0 Å². The summed E-state index contributed by atoms with van der Waals surface area (Å²) in [6, 6.07) is 5.34. The van der Waals surface area contributed by atoms with E-state index in [9.17, 15) is 4.79 Å². The van der Waals surface area contributed by atoms with Crippen LogP contribution in [0.3, 0.4) is 0 Å². The van der Waals surface area contributed by atoms with Crippen molar-refractivity contribution < 1.29 is 9.90 Å². The molecule has 0 atom stereocenters. The maximum Gasteiger partial charge on any atom is 0.352 e. The average Bonchev–Trinajstić information content (AvgIpc) is 2.75. The van der Waals surface area contributed by atoms with Gasteiger partial charge < -0.3 is 9.67 Å². The first-order valence-corrected chi connectivity index (χ1v) is 5.95. The highest BCUT2D eigenvalue weighted by Crippen LogP contribution is 2.21. The summed E-state index contributed by atoms with van der Waals surface area (Å²) in [5.74, 6) is -0.893. The van der Waals surface area contributed by atoms with E-state index < -0.39 is 5.97 Å². The molecule has 2 rings (SSSR count). The molecule has 0 aromatic carbocycles. The molecule has 5 heteroatoms. The van der Waals surface area contributed by atoms with Crippen molar-refractivity contribution >= 4 is 33.2 Å². The van der Waals surface area contributed by atoms with Crippen molar-refractivity contribution in [1.82, 2.24) is 4.57 Å². The van der Waals surface area contributed by atoms with Gasteiger partial charge in [-0.25, -0.2) is 4.79 Å². The molecule has 3 nitrogen and oxygen atoms in total. The molecule has 2 aromatic rings. The predicted molar refractivity (Wildman–Crippen MR) is 62.5 cm³/mol. The zero-order valence-corrected chi connectivity index (χ0v) is 10.1. The van der Waals surface area contributed by atoms with E-state index in [1.54, 1.807) is 34.2 Å². The largest absolute Gasteiger partial charge is 0.477 e. The first-order chi connectivity index (χ1) is 7.16. The minimum absolute atomic E-state index is 0.319. The van der Waals surface area contributed by atoms with Gasteiger partial charge in [0.25, 0.3) is 0 Å². The van der Waals surface area contributed by atoms with Gasteiger partial charge in [-0.2, -0.15) is 0 Å². The number of aromatic carboxylic acids is 1. The van der Waals surface area contributed by atoms with Gasteiger partial charge >= 0.3 is 5.97 Å². The highest BCUT2D eigenvalue weighted by molar-refractivity contribution is 9.10. The fraction of sp³-hybridized carbons (Fsp3) is 0.100. The molecule has 0 aliphatic rings. The van der Waals surface area contributed by atoms with Crippen molar-refractivity contribution in [3.05, 3.63) is 44.8 Å². The fourth-order valence-corrected chi connectivity index (χ4v) is 2.80. The number of carboxylic acid groups (broad SMARTS) is 1. The lowest BCUT2D eigenvalue weighted by atomic mass is 10.4. The van der Waals surface area contributed by atoms with Crippen LogP contribution < -0.4 is 0 Å². The smallest absolute Gasteiger partial charge is 0.352 e. The summed E-state index contributed by atoms with van der Waals surface area (Å²) in [4.78, 5) is 12.0. The number of thiophene rings is 1. The van der Waals surface area contributed by atoms with Crippen LogP contribution in [0.1, 0.15) is 15.4 Å². The predicted octanol–water partition coefficient (Wildman–Crippen LogP) is 3.06. The lowest BCUT2D eigenvalue weighted by Crippen LogP contribution is -2.07. The van der Waals surface area contributed by atoms with Crippen LogP contribution >= 0.6 is 27.3 Å². The van der Waals surface area contributed by atoms with E-state index in [4.69, 9.17) is 5.11 Å². The lowest BCUT2D eigenvalue weighted by molar-refractivity contribution is 0.0686. The molecule has 0 fully saturated rings. The van der Waals surface area contributed by atoms with Crippen LogP contribution in [0, 0.1) is 0 Å². The van der Waals surface area contributed by atoms with Gasteiger partial charge in [-0.05, 0) is 34.1 Å². The molecule has 2 heterocycles. The first-order valence-electron chi connectivity index (χ1n) is 4.28. The molecule has 1 N–H and O–H groups in total. The Morgan fingerprint density at radius 2 is 2.40 bits per heavy atom. The molecule has 0 saturated carbocycles. The zero-order chi connectivity index (χ0) is 10.8. The maximum atomic E-state index is 10.9. The molecule has 0 radical (unpaired) electrons. The van der Waals surface area contributed by atoms with E-state index >= 15 is 0 Å². The summed E-state index contributed by atoms with van der Waals surface area (Å²) in [6.07, 6.45) is 1.77. The highest BCUT2D eigenvalue weighted by atomic mass is 79.9. The Bertz CT molecular complexity index is 489. The number of hydrogen-bond donors (Lipinski definition) is 1. The number of halogens is 1. The molecule has 0 spiro atoms. The van der Waals surface area contributed by atoms with E-state index in [0.29, 0.717) is 12.2 Å². The van der Waals surface area contributed by atoms with Crippen molar-refractivity contribution in [2.24, 2.45) is 0 Å². The second-order valence-electron chi connectivity index (χ2n) is 3.06. The standard InChI is InChI=1S/C10H8BrNO2S/c11-7-4-8(15-6-7)5-12-3-1-2-9(12)10(13)14/h1-4,6H,5H2,(H,13,14). The Hall–Kier alpha value is -1.07. The summed E-state index contributed by atoms with van der Waals surface area (Å²) in [7, 11) is 0. The Morgan fingerprint density at radius 1 is 1.60 bits per heavy atom. The monoisotopic (exact) mass is 285 g/mol. The number of carbonyl (C=O) groups is 1. The second kappa shape index (κ2) is 4.20. The summed E-state index contributed by atoms with van der Waals surface area (Å²) >= 11 is 4.98. The Labute approximate surface area is 99.1 Å². The van der Waals surface area contributed by atoms with Gasteiger partial charge in [0.05, 0.1) is 6.54 Å². The molecule has 0 saturated heterocycles. The Balaban J connectivity index is 2.24. The van der Waals surface area contributed by atoms with Crippen LogP contribution in [-0.4, -0.2) is 15.6 Å². The van der Waals surface area contributed by atoms with E-state index in [2.05, 4.69) is 15.9 Å². The third-order valence-electron chi connectivity index (χ3n) is 2.00. The molecule has 15 heavy (non-hydrogen) atoms. The number of hydrogen-bond acceptors (Lipinski definition) is 2. The van der Waals surface area contributed by atoms with Crippen LogP contribution in [0.2, 0.25) is 0 Å². The normalized spacial score (nSPS) is 10.5. The van der Waals surface area contributed by atoms with Crippen LogP contribution in [0.15, 0.2) is 34.2 Å². The topological polar surface area (TPSA) is 42.2 Å². The van der Waals surface area contributed by atoms with Crippen LogP contribution in [0.25, 0.3) is 0 Å². The number of nitrogens with zero attached hydrogens (tertiary/aromatic N) is 1. The molecular formula is C10H8BrNO2S. The average molecular weight is 286 g/mol. The van der Waals surface area contributed by atoms with Gasteiger partial charge in [-0.1, -0.05) is 0 Å². The summed E-state index contributed by atoms with van der Waals surface area (Å²) in [5, 5.41) is 10.9. The molecule has 78 valence electrons. The van der Waals surface area contributed by atoms with Gasteiger partial charge in [-0.15, -0.1) is 11.3 Å². The van der Waals surface area contributed by atoms with Crippen LogP contribution in [0.5, 0.6) is 0 Å². The van der Waals surface area contributed by atoms with Crippen molar-refractivity contribution in [3.63, 3.8) is 0 Å². The van der Waals surface area contributed by atoms with E-state index in [1.807, 2.05) is 11.4 Å². The molecule has 2 aromatic heterocycles. The first kappa shape index (κ1) is 10.4. The lowest BCUT2D eigenvalue weighted by Gasteiger charge is -2.03. The highest BCUT2D eigenvalue weighted by Gasteiger charge is 2.09. The third kappa shape index (κ3) is 2.30.